The molecule has 0 radical (unpaired) electrons. The molecule has 6 nitrogen and oxygen atoms in total. The summed E-state index contributed by atoms with van der Waals surface area (Å²) in [6.07, 6.45) is 17.6. The summed E-state index contributed by atoms with van der Waals surface area (Å²) < 4.78 is 11.2. The number of benzene rings is 1. The number of rotatable bonds is 23. The number of amides is 1. The van der Waals surface area contributed by atoms with E-state index in [4.69, 9.17) is 9.47 Å². The molecule has 6 heteroatoms. The number of ether oxygens (including phenoxy) is 2. The van der Waals surface area contributed by atoms with Crippen LogP contribution in [0, 0.1) is 13.8 Å². The Kier molecular flexibility index (Phi) is 19.5. The molecular formula is C33H59N2O4+. The number of likely N-dealkylation sites (N-methyl/N-ethyl adjacent to an activating group) is 1. The molecule has 0 aliphatic rings. The first-order chi connectivity index (χ1) is 18.9. The Hall–Kier alpha value is -2.08. The van der Waals surface area contributed by atoms with Crippen molar-refractivity contribution in [3.05, 3.63) is 29.3 Å². The summed E-state index contributed by atoms with van der Waals surface area (Å²) in [7, 11) is 0. The van der Waals surface area contributed by atoms with Crippen LogP contribution >= 0.6 is 0 Å². The van der Waals surface area contributed by atoms with Crippen molar-refractivity contribution in [2.24, 2.45) is 0 Å². The minimum Gasteiger partial charge on any atom is -0.434 e. The number of nitrogens with one attached hydrogen (secondary N) is 1. The first kappa shape index (κ1) is 34.9. The number of hydrogen-bond donors (Lipinski definition) is 1. The van der Waals surface area contributed by atoms with Crippen LogP contribution in [0.25, 0.3) is 0 Å². The molecule has 0 heterocycles. The lowest BCUT2D eigenvalue weighted by Crippen LogP contribution is -2.54. The van der Waals surface area contributed by atoms with E-state index in [0.29, 0.717) is 24.2 Å². The van der Waals surface area contributed by atoms with E-state index < -0.39 is 6.16 Å². The van der Waals surface area contributed by atoms with Crippen molar-refractivity contribution in [3.8, 4) is 0 Å². The van der Waals surface area contributed by atoms with Gasteiger partial charge in [-0.2, -0.15) is 0 Å². The van der Waals surface area contributed by atoms with Gasteiger partial charge in [-0.1, -0.05) is 109 Å². The fourth-order valence-corrected chi connectivity index (χ4v) is 5.15. The zero-order valence-electron chi connectivity index (χ0n) is 26.0. The number of para-hydroxylation sites is 1. The highest BCUT2D eigenvalue weighted by Crippen LogP contribution is 2.20. The molecule has 0 spiro atoms. The molecule has 0 unspecified atom stereocenters. The molecule has 0 aliphatic heterocycles. The first-order valence-corrected chi connectivity index (χ1v) is 15.9. The van der Waals surface area contributed by atoms with Gasteiger partial charge >= 0.3 is 6.16 Å². The highest BCUT2D eigenvalue weighted by atomic mass is 16.7. The van der Waals surface area contributed by atoms with Gasteiger partial charge < -0.3 is 19.3 Å². The van der Waals surface area contributed by atoms with Crippen LogP contribution in [0.5, 0.6) is 0 Å². The van der Waals surface area contributed by atoms with Crippen LogP contribution < -0.4 is 5.32 Å². The Morgan fingerprint density at radius 1 is 0.692 bits per heavy atom. The Morgan fingerprint density at radius 3 is 1.64 bits per heavy atom. The van der Waals surface area contributed by atoms with Crippen LogP contribution in [0.4, 0.5) is 10.5 Å². The highest BCUT2D eigenvalue weighted by Gasteiger charge is 2.28. The largest absolute Gasteiger partial charge is 0.508 e. The fraction of sp³-hybridized carbons (Fsp3) is 0.758. The predicted molar refractivity (Wildman–Crippen MR) is 163 cm³/mol. The number of anilines is 1. The highest BCUT2D eigenvalue weighted by molar-refractivity contribution is 5.93. The molecule has 0 saturated heterocycles. The van der Waals surface area contributed by atoms with Gasteiger partial charge in [0.25, 0.3) is 5.91 Å². The van der Waals surface area contributed by atoms with Crippen molar-refractivity contribution in [1.29, 1.82) is 0 Å². The molecule has 0 saturated carbocycles. The van der Waals surface area contributed by atoms with E-state index >= 15 is 0 Å². The van der Waals surface area contributed by atoms with Gasteiger partial charge in [-0.15, -0.1) is 0 Å². The van der Waals surface area contributed by atoms with Gasteiger partial charge in [0.2, 0.25) is 0 Å². The van der Waals surface area contributed by atoms with Crippen LogP contribution in [0.15, 0.2) is 18.2 Å². The Bertz CT molecular complexity index is 772. The molecule has 39 heavy (non-hydrogen) atoms. The number of hydrogen-bond acceptors (Lipinski definition) is 4. The van der Waals surface area contributed by atoms with Crippen LogP contribution in [-0.2, 0) is 14.3 Å². The third-order valence-electron chi connectivity index (χ3n) is 8.07. The normalized spacial score (nSPS) is 11.4. The Morgan fingerprint density at radius 2 is 1.15 bits per heavy atom. The number of unbranched alkanes of at least 4 members (excludes halogenated alkanes) is 13. The van der Waals surface area contributed by atoms with E-state index in [2.05, 4.69) is 26.1 Å². The van der Waals surface area contributed by atoms with Crippen LogP contribution in [0.1, 0.15) is 122 Å². The maximum Gasteiger partial charge on any atom is 0.508 e. The molecule has 0 aliphatic carbocycles. The zero-order valence-corrected chi connectivity index (χ0v) is 26.0. The van der Waals surface area contributed by atoms with Crippen molar-refractivity contribution in [2.45, 2.75) is 125 Å². The molecule has 224 valence electrons. The smallest absolute Gasteiger partial charge is 0.434 e. The molecule has 1 N–H and O–H groups in total. The minimum atomic E-state index is -0.602. The number of aryl methyl sites for hydroxylation is 2. The Labute approximate surface area is 239 Å². The van der Waals surface area contributed by atoms with E-state index in [9.17, 15) is 9.59 Å². The molecular weight excluding hydrogens is 488 g/mol. The summed E-state index contributed by atoms with van der Waals surface area (Å²) in [5, 5.41) is 3.09. The van der Waals surface area contributed by atoms with E-state index in [-0.39, 0.29) is 12.5 Å². The van der Waals surface area contributed by atoms with Gasteiger partial charge in [-0.25, -0.2) is 4.79 Å². The number of carbonyl (C=O) groups is 2. The Balaban J connectivity index is 2.12. The monoisotopic (exact) mass is 547 g/mol. The third kappa shape index (κ3) is 15.9. The van der Waals surface area contributed by atoms with Gasteiger partial charge in [0.05, 0.1) is 19.7 Å². The number of quaternary nitrogens is 1. The topological polar surface area (TPSA) is 64.6 Å². The van der Waals surface area contributed by atoms with Crippen LogP contribution in [0.2, 0.25) is 0 Å². The molecule has 1 aromatic carbocycles. The van der Waals surface area contributed by atoms with Crippen molar-refractivity contribution in [1.82, 2.24) is 0 Å². The van der Waals surface area contributed by atoms with Gasteiger partial charge in [0.15, 0.2) is 6.54 Å². The quantitative estimate of drug-likeness (QED) is 0.0845. The maximum absolute atomic E-state index is 12.9. The van der Waals surface area contributed by atoms with E-state index in [1.807, 2.05) is 32.0 Å². The average Bonchev–Trinajstić information content (AvgIpc) is 2.92. The standard InChI is InChI=1S/C33H58N2O4/c1-6-9-10-11-12-13-14-15-16-17-18-19-20-21-26-38-33(37)39-27-25-35(7-2,8-3)28-31(36)34-32-29(4)23-22-24-30(32)5/h22-24H,6-21,25-28H2,1-5H3/p+1. The summed E-state index contributed by atoms with van der Waals surface area (Å²) in [5.41, 5.74) is 3.00. The van der Waals surface area contributed by atoms with E-state index in [1.165, 1.54) is 77.0 Å². The van der Waals surface area contributed by atoms with Crippen molar-refractivity contribution < 1.29 is 23.5 Å². The minimum absolute atomic E-state index is 0.0171. The fourth-order valence-electron chi connectivity index (χ4n) is 5.15. The summed E-state index contributed by atoms with van der Waals surface area (Å²) in [4.78, 5) is 24.9. The second kappa shape index (κ2) is 21.7. The van der Waals surface area contributed by atoms with Gasteiger partial charge in [-0.3, -0.25) is 4.79 Å². The predicted octanol–water partition coefficient (Wildman–Crippen LogP) is 8.73. The lowest BCUT2D eigenvalue weighted by Gasteiger charge is -2.35. The summed E-state index contributed by atoms with van der Waals surface area (Å²) in [6.45, 7) is 13.6. The molecule has 1 rings (SSSR count). The zero-order chi connectivity index (χ0) is 28.8. The van der Waals surface area contributed by atoms with E-state index in [0.717, 1.165) is 42.7 Å². The third-order valence-corrected chi connectivity index (χ3v) is 8.07. The molecule has 0 atom stereocenters. The van der Waals surface area contributed by atoms with Crippen molar-refractivity contribution >= 4 is 17.7 Å². The summed E-state index contributed by atoms with van der Waals surface area (Å²) in [5.74, 6) is -0.0171. The maximum atomic E-state index is 12.9. The summed E-state index contributed by atoms with van der Waals surface area (Å²) >= 11 is 0. The molecule has 0 bridgehead atoms. The molecule has 0 aromatic heterocycles. The van der Waals surface area contributed by atoms with Gasteiger partial charge in [0, 0.05) is 5.69 Å². The first-order valence-electron chi connectivity index (χ1n) is 15.9. The lowest BCUT2D eigenvalue weighted by molar-refractivity contribution is -0.917. The van der Waals surface area contributed by atoms with Crippen LogP contribution in [-0.4, -0.2) is 55.9 Å². The SMILES string of the molecule is CCCCCCCCCCCCCCCCOC(=O)OCC[N+](CC)(CC)CC(=O)Nc1c(C)cccc1C. The lowest BCUT2D eigenvalue weighted by atomic mass is 10.0. The van der Waals surface area contributed by atoms with Gasteiger partial charge in [-0.05, 0) is 45.2 Å². The second-order valence-corrected chi connectivity index (χ2v) is 11.2. The van der Waals surface area contributed by atoms with Crippen LogP contribution in [0.3, 0.4) is 0 Å². The number of carbonyl (C=O) groups excluding carboxylic acids is 2. The molecule has 1 amide bonds. The average molecular weight is 548 g/mol. The van der Waals surface area contributed by atoms with Crippen molar-refractivity contribution in [3.63, 3.8) is 0 Å². The van der Waals surface area contributed by atoms with Crippen molar-refractivity contribution in [2.75, 3.05) is 44.7 Å². The summed E-state index contributed by atoms with van der Waals surface area (Å²) in [6, 6.07) is 6.00. The second-order valence-electron chi connectivity index (χ2n) is 11.2. The van der Waals surface area contributed by atoms with E-state index in [1.54, 1.807) is 0 Å². The molecule has 1 aromatic rings. The number of nitrogens with zero attached hydrogens (tertiary/aromatic N) is 1. The molecule has 0 fully saturated rings. The van der Waals surface area contributed by atoms with Gasteiger partial charge in [0.1, 0.15) is 13.2 Å².